The predicted molar refractivity (Wildman–Crippen MR) is 176 cm³/mol. The summed E-state index contributed by atoms with van der Waals surface area (Å²) < 4.78 is 12.1. The van der Waals surface area contributed by atoms with Crippen molar-refractivity contribution in [1.29, 1.82) is 0 Å². The molecule has 48 heavy (non-hydrogen) atoms. The van der Waals surface area contributed by atoms with Crippen molar-refractivity contribution >= 4 is 29.3 Å². The number of carbonyl (C=O) groups is 4. The number of hydrogen-bond donors (Lipinski definition) is 2. The van der Waals surface area contributed by atoms with Crippen molar-refractivity contribution in [2.24, 2.45) is 0 Å². The Bertz CT molecular complexity index is 1920. The number of amides is 4. The second-order valence-corrected chi connectivity index (χ2v) is 13.0. The molecule has 7 rings (SSSR count). The molecule has 0 radical (unpaired) electrons. The zero-order valence-electron chi connectivity index (χ0n) is 26.9. The van der Waals surface area contributed by atoms with Crippen molar-refractivity contribution in [3.63, 3.8) is 0 Å². The van der Waals surface area contributed by atoms with Gasteiger partial charge in [-0.1, -0.05) is 38.1 Å². The molecule has 2 aliphatic heterocycles. The maximum Gasteiger partial charge on any atom is 0.262 e. The maximum atomic E-state index is 13.1. The van der Waals surface area contributed by atoms with Gasteiger partial charge < -0.3 is 14.8 Å². The fourth-order valence-electron chi connectivity index (χ4n) is 6.44. The van der Waals surface area contributed by atoms with Crippen LogP contribution in [0.15, 0.2) is 79.1 Å². The van der Waals surface area contributed by atoms with Crippen LogP contribution in [0.4, 0.5) is 5.69 Å². The second kappa shape index (κ2) is 12.2. The summed E-state index contributed by atoms with van der Waals surface area (Å²) in [4.78, 5) is 59.4. The van der Waals surface area contributed by atoms with E-state index in [1.807, 2.05) is 31.2 Å². The number of rotatable bonds is 9. The molecule has 0 bridgehead atoms. The van der Waals surface area contributed by atoms with Gasteiger partial charge in [0.2, 0.25) is 17.7 Å². The third-order valence-electron chi connectivity index (χ3n) is 9.32. The lowest BCUT2D eigenvalue weighted by Gasteiger charge is -2.36. The number of aryl methyl sites for hydroxylation is 1. The van der Waals surface area contributed by atoms with Crippen LogP contribution in [-0.2, 0) is 15.0 Å². The van der Waals surface area contributed by atoms with Crippen LogP contribution in [0.25, 0.3) is 0 Å². The Kier molecular flexibility index (Phi) is 7.90. The Balaban J connectivity index is 0.920. The Morgan fingerprint density at radius 1 is 0.854 bits per heavy atom. The highest BCUT2D eigenvalue weighted by Gasteiger charge is 2.44. The van der Waals surface area contributed by atoms with Gasteiger partial charge in [0.1, 0.15) is 23.6 Å². The van der Waals surface area contributed by atoms with Crippen molar-refractivity contribution < 1.29 is 28.7 Å². The molecule has 11 nitrogen and oxygen atoms in total. The van der Waals surface area contributed by atoms with Crippen LogP contribution < -0.4 is 20.1 Å². The summed E-state index contributed by atoms with van der Waals surface area (Å²) in [5.74, 6) is -0.0940. The molecule has 1 saturated carbocycles. The average Bonchev–Trinajstić information content (AvgIpc) is 3.29. The van der Waals surface area contributed by atoms with Crippen molar-refractivity contribution in [2.45, 2.75) is 70.1 Å². The third kappa shape index (κ3) is 5.99. The summed E-state index contributed by atoms with van der Waals surface area (Å²) in [7, 11) is 0. The molecule has 0 spiro atoms. The van der Waals surface area contributed by atoms with Crippen LogP contribution in [-0.4, -0.2) is 56.7 Å². The highest BCUT2D eigenvalue weighted by molar-refractivity contribution is 6.23. The highest BCUT2D eigenvalue weighted by Crippen LogP contribution is 2.36. The van der Waals surface area contributed by atoms with Crippen molar-refractivity contribution in [1.82, 2.24) is 20.2 Å². The van der Waals surface area contributed by atoms with E-state index in [2.05, 4.69) is 58.7 Å². The van der Waals surface area contributed by atoms with Crippen LogP contribution in [0.5, 0.6) is 17.4 Å². The van der Waals surface area contributed by atoms with Gasteiger partial charge in [0, 0.05) is 42.6 Å². The predicted octanol–water partition coefficient (Wildman–Crippen LogP) is 5.33. The van der Waals surface area contributed by atoms with E-state index in [-0.39, 0.29) is 41.5 Å². The van der Waals surface area contributed by atoms with Gasteiger partial charge in [-0.2, -0.15) is 0 Å². The molecule has 4 aromatic rings. The van der Waals surface area contributed by atoms with Gasteiger partial charge in [0.15, 0.2) is 0 Å². The topological polar surface area (TPSA) is 140 Å². The molecule has 11 heteroatoms. The molecule has 1 atom stereocenters. The highest BCUT2D eigenvalue weighted by atomic mass is 16.5. The number of nitrogens with one attached hydrogen (secondary N) is 2. The van der Waals surface area contributed by atoms with Gasteiger partial charge >= 0.3 is 0 Å². The number of anilines is 1. The van der Waals surface area contributed by atoms with Crippen LogP contribution in [0.1, 0.15) is 77.1 Å². The number of aromatic nitrogens is 2. The van der Waals surface area contributed by atoms with Crippen molar-refractivity contribution in [3.05, 3.63) is 107 Å². The molecule has 3 aliphatic rings. The van der Waals surface area contributed by atoms with E-state index in [9.17, 15) is 19.2 Å². The first-order valence-electron chi connectivity index (χ1n) is 16.0. The van der Waals surface area contributed by atoms with E-state index >= 15 is 0 Å². The molecule has 3 aromatic carbocycles. The number of piperidine rings is 1. The smallest absolute Gasteiger partial charge is 0.262 e. The lowest BCUT2D eigenvalue weighted by Crippen LogP contribution is -2.54. The number of fused-ring (bicyclic) bond motifs is 1. The average molecular weight is 646 g/mol. The molecule has 4 amide bonds. The minimum atomic E-state index is -0.983. The van der Waals surface area contributed by atoms with Gasteiger partial charge in [-0.05, 0) is 66.9 Å². The van der Waals surface area contributed by atoms with Gasteiger partial charge in [-0.3, -0.25) is 34.4 Å². The van der Waals surface area contributed by atoms with Crippen molar-refractivity contribution in [2.75, 3.05) is 5.32 Å². The summed E-state index contributed by atoms with van der Waals surface area (Å²) in [6, 6.07) is 20.4. The maximum absolute atomic E-state index is 13.1. The van der Waals surface area contributed by atoms with Crippen LogP contribution in [0, 0.1) is 6.92 Å². The first kappa shape index (κ1) is 31.0. The largest absolute Gasteiger partial charge is 0.490 e. The monoisotopic (exact) mass is 645 g/mol. The molecule has 1 saturated heterocycles. The van der Waals surface area contributed by atoms with Gasteiger partial charge in [-0.25, -0.2) is 4.98 Å². The molecule has 1 aromatic heterocycles. The molecule has 2 fully saturated rings. The fourth-order valence-corrected chi connectivity index (χ4v) is 6.44. The number of imide groups is 2. The second-order valence-electron chi connectivity index (χ2n) is 13.0. The van der Waals surface area contributed by atoms with Gasteiger partial charge in [0.25, 0.3) is 11.8 Å². The standard InChI is InChI=1S/C37H35N5O6/c1-21-19-38-20-33(39-21)48-27-11-6-23(7-12-27)37(2,3)22-4-9-26(10-5-22)47-28-16-25(17-28)40-24-8-13-29-30(18-24)36(46)42(35(29)45)31-14-15-32(43)41-34(31)44/h4-13,18-20,25,28,31,40H,14-17H2,1-3H3,(H,41,43,44)/t25-,28+,31?. The number of hydrogen-bond acceptors (Lipinski definition) is 9. The molecular formula is C37H35N5O6. The summed E-state index contributed by atoms with van der Waals surface area (Å²) in [5.41, 5.74) is 4.09. The van der Waals surface area contributed by atoms with Gasteiger partial charge in [0.05, 0.1) is 23.0 Å². The Labute approximate surface area is 277 Å². The zero-order valence-corrected chi connectivity index (χ0v) is 26.9. The number of ether oxygens (including phenoxy) is 2. The molecule has 1 aliphatic carbocycles. The van der Waals surface area contributed by atoms with Gasteiger partial charge in [-0.15, -0.1) is 0 Å². The Hall–Kier alpha value is -5.58. The van der Waals surface area contributed by atoms with Crippen LogP contribution >= 0.6 is 0 Å². The summed E-state index contributed by atoms with van der Waals surface area (Å²) in [5, 5.41) is 5.65. The molecular weight excluding hydrogens is 610 g/mol. The van der Waals surface area contributed by atoms with E-state index in [1.54, 1.807) is 30.6 Å². The number of benzene rings is 3. The van der Waals surface area contributed by atoms with Crippen molar-refractivity contribution in [3.8, 4) is 17.4 Å². The number of nitrogens with zero attached hydrogens (tertiary/aromatic N) is 3. The Morgan fingerprint density at radius 2 is 1.52 bits per heavy atom. The molecule has 244 valence electrons. The fraction of sp³-hybridized carbons (Fsp3) is 0.297. The van der Waals surface area contributed by atoms with Crippen LogP contribution in [0.2, 0.25) is 0 Å². The molecule has 2 N–H and O–H groups in total. The normalized spacial score (nSPS) is 20.6. The zero-order chi connectivity index (χ0) is 33.6. The first-order valence-corrected chi connectivity index (χ1v) is 16.0. The van der Waals surface area contributed by atoms with E-state index in [1.165, 1.54) is 0 Å². The quantitative estimate of drug-likeness (QED) is 0.231. The first-order chi connectivity index (χ1) is 23.0. The van der Waals surface area contributed by atoms with E-state index < -0.39 is 29.7 Å². The minimum absolute atomic E-state index is 0.0487. The van der Waals surface area contributed by atoms with Crippen LogP contribution in [0.3, 0.4) is 0 Å². The summed E-state index contributed by atoms with van der Waals surface area (Å²) >= 11 is 0. The van der Waals surface area contributed by atoms with E-state index in [0.717, 1.165) is 46.0 Å². The lowest BCUT2D eigenvalue weighted by atomic mass is 9.78. The third-order valence-corrected chi connectivity index (χ3v) is 9.32. The molecule has 3 heterocycles. The number of carbonyl (C=O) groups excluding carboxylic acids is 4. The SMILES string of the molecule is Cc1cncc(Oc2ccc(C(C)(C)c3ccc(O[C@H]4C[C@@H](Nc5ccc6c(c5)C(=O)N(C5CCC(=O)NC5=O)C6=O)C4)cc3)cc2)n1. The lowest BCUT2D eigenvalue weighted by molar-refractivity contribution is -0.136. The van der Waals surface area contributed by atoms with E-state index in [4.69, 9.17) is 9.47 Å². The summed E-state index contributed by atoms with van der Waals surface area (Å²) in [6.07, 6.45) is 5.10. The Morgan fingerprint density at radius 3 is 2.19 bits per heavy atom. The van der Waals surface area contributed by atoms with E-state index in [0.29, 0.717) is 11.6 Å². The minimum Gasteiger partial charge on any atom is -0.490 e. The molecule has 1 unspecified atom stereocenters. The summed E-state index contributed by atoms with van der Waals surface area (Å²) in [6.45, 7) is 6.24.